The summed E-state index contributed by atoms with van der Waals surface area (Å²) in [5.74, 6) is -0.900. The molecule has 0 radical (unpaired) electrons. The molecule has 128 valence electrons. The molecule has 0 aromatic heterocycles. The molecule has 0 saturated heterocycles. The van der Waals surface area contributed by atoms with E-state index in [9.17, 15) is 9.90 Å². The molecule has 2 atom stereocenters. The minimum atomic E-state index is -0.855. The Morgan fingerprint density at radius 1 is 1.04 bits per heavy atom. The van der Waals surface area contributed by atoms with Gasteiger partial charge >= 0.3 is 150 Å². The summed E-state index contributed by atoms with van der Waals surface area (Å²) in [5.41, 5.74) is 0.183. The van der Waals surface area contributed by atoms with Crippen molar-refractivity contribution in [1.29, 1.82) is 0 Å². The van der Waals surface area contributed by atoms with Crippen LogP contribution in [0.4, 0.5) is 0 Å². The number of rotatable bonds is 6. The number of hydrogen-bond donors (Lipinski definition) is 1. The van der Waals surface area contributed by atoms with Gasteiger partial charge in [-0.2, -0.15) is 0 Å². The molecular formula is C20H24O3Se. The van der Waals surface area contributed by atoms with Crippen molar-refractivity contribution in [2.45, 2.75) is 37.8 Å². The summed E-state index contributed by atoms with van der Waals surface area (Å²) in [5, 5.41) is 11.3. The van der Waals surface area contributed by atoms with Gasteiger partial charge in [0, 0.05) is 0 Å². The van der Waals surface area contributed by atoms with Crippen LogP contribution in [0.25, 0.3) is 0 Å². The van der Waals surface area contributed by atoms with E-state index in [4.69, 9.17) is 4.74 Å². The first kappa shape index (κ1) is 18.7. The summed E-state index contributed by atoms with van der Waals surface area (Å²) in [6.07, 6.45) is -0.855. The van der Waals surface area contributed by atoms with E-state index in [1.54, 1.807) is 0 Å². The van der Waals surface area contributed by atoms with Gasteiger partial charge in [-0.3, -0.25) is 0 Å². The van der Waals surface area contributed by atoms with Gasteiger partial charge in [0.05, 0.1) is 0 Å². The van der Waals surface area contributed by atoms with Crippen LogP contribution < -0.4 is 4.46 Å². The van der Waals surface area contributed by atoms with E-state index in [0.717, 1.165) is 5.56 Å². The van der Waals surface area contributed by atoms with Crippen LogP contribution in [0.15, 0.2) is 60.7 Å². The number of aliphatic hydroxyl groups excluding tert-OH is 1. The van der Waals surface area contributed by atoms with Crippen LogP contribution in [0, 0.1) is 5.92 Å². The standard InChI is InChI=1S/C20H24O3Se/c1-20(2,3)23-19(22)17(14-24-16-12-8-5-9-13-16)18(21)15-10-6-4-7-11-15/h4-13,17-18,21H,14H2,1-3H3/t17-,18+/m0/s1. The zero-order chi connectivity index (χ0) is 17.6. The molecule has 0 unspecified atom stereocenters. The fraction of sp³-hybridized carbons (Fsp3) is 0.350. The van der Waals surface area contributed by atoms with Crippen LogP contribution in [0.5, 0.6) is 0 Å². The average Bonchev–Trinajstić information content (AvgIpc) is 2.55. The van der Waals surface area contributed by atoms with Crippen LogP contribution in [0.1, 0.15) is 32.4 Å². The Labute approximate surface area is 150 Å². The maximum atomic E-state index is 12.6. The van der Waals surface area contributed by atoms with E-state index in [0.29, 0.717) is 5.32 Å². The van der Waals surface area contributed by atoms with Gasteiger partial charge in [-0.15, -0.1) is 0 Å². The van der Waals surface area contributed by atoms with Gasteiger partial charge in [0.1, 0.15) is 0 Å². The second-order valence-electron chi connectivity index (χ2n) is 6.62. The van der Waals surface area contributed by atoms with Crippen molar-refractivity contribution in [3.63, 3.8) is 0 Å². The monoisotopic (exact) mass is 392 g/mol. The van der Waals surface area contributed by atoms with Crippen molar-refractivity contribution in [1.82, 2.24) is 0 Å². The molecule has 2 rings (SSSR count). The van der Waals surface area contributed by atoms with E-state index in [1.165, 1.54) is 4.46 Å². The van der Waals surface area contributed by atoms with Crippen LogP contribution in [0.3, 0.4) is 0 Å². The molecule has 0 fully saturated rings. The van der Waals surface area contributed by atoms with Crippen LogP contribution in [-0.2, 0) is 9.53 Å². The molecule has 2 aromatic rings. The Bertz CT molecular complexity index is 635. The first-order valence-electron chi connectivity index (χ1n) is 8.00. The summed E-state index contributed by atoms with van der Waals surface area (Å²) in [4.78, 5) is 12.6. The molecule has 0 aliphatic heterocycles. The summed E-state index contributed by atoms with van der Waals surface area (Å²) in [6.45, 7) is 5.54. The Kier molecular flexibility index (Phi) is 6.61. The fourth-order valence-electron chi connectivity index (χ4n) is 2.25. The van der Waals surface area contributed by atoms with E-state index in [-0.39, 0.29) is 20.9 Å². The molecule has 0 saturated carbocycles. The van der Waals surface area contributed by atoms with E-state index in [1.807, 2.05) is 69.3 Å². The van der Waals surface area contributed by atoms with Crippen LogP contribution in [-0.4, -0.2) is 31.6 Å². The summed E-state index contributed by atoms with van der Waals surface area (Å²) < 4.78 is 6.75. The van der Waals surface area contributed by atoms with Gasteiger partial charge in [0.15, 0.2) is 0 Å². The molecule has 0 heterocycles. The molecule has 3 nitrogen and oxygen atoms in total. The molecule has 24 heavy (non-hydrogen) atoms. The third kappa shape index (κ3) is 5.79. The summed E-state index contributed by atoms with van der Waals surface area (Å²) >= 11 is 0.0958. The Hall–Kier alpha value is -1.61. The zero-order valence-corrected chi connectivity index (χ0v) is 16.0. The van der Waals surface area contributed by atoms with Crippen molar-refractivity contribution in [3.05, 3.63) is 66.2 Å². The molecular weight excluding hydrogens is 367 g/mol. The van der Waals surface area contributed by atoms with Crippen molar-refractivity contribution in [3.8, 4) is 0 Å². The normalized spacial score (nSPS) is 14.0. The Morgan fingerprint density at radius 3 is 2.12 bits per heavy atom. The molecule has 2 aromatic carbocycles. The molecule has 0 aliphatic rings. The number of benzene rings is 2. The molecule has 0 aliphatic carbocycles. The van der Waals surface area contributed by atoms with Crippen LogP contribution >= 0.6 is 0 Å². The SMILES string of the molecule is CC(C)(C)OC(=O)[C@@H](C[Se]c1ccccc1)[C@H](O)c1ccccc1. The fourth-order valence-corrected chi connectivity index (χ4v) is 4.43. The summed E-state index contributed by atoms with van der Waals surface area (Å²) in [7, 11) is 0. The van der Waals surface area contributed by atoms with Gasteiger partial charge in [0.25, 0.3) is 0 Å². The summed E-state index contributed by atoms with van der Waals surface area (Å²) in [6, 6.07) is 19.4. The van der Waals surface area contributed by atoms with Crippen molar-refractivity contribution in [2.75, 3.05) is 0 Å². The number of hydrogen-bond acceptors (Lipinski definition) is 3. The van der Waals surface area contributed by atoms with Crippen molar-refractivity contribution >= 4 is 25.4 Å². The van der Waals surface area contributed by atoms with Gasteiger partial charge < -0.3 is 0 Å². The molecule has 1 N–H and O–H groups in total. The maximum absolute atomic E-state index is 12.6. The molecule has 0 spiro atoms. The number of esters is 1. The van der Waals surface area contributed by atoms with E-state index < -0.39 is 17.6 Å². The van der Waals surface area contributed by atoms with Gasteiger partial charge in [-0.1, -0.05) is 0 Å². The zero-order valence-electron chi connectivity index (χ0n) is 14.3. The first-order valence-corrected chi connectivity index (χ1v) is 10.1. The number of ether oxygens (including phenoxy) is 1. The van der Waals surface area contributed by atoms with Crippen molar-refractivity contribution < 1.29 is 14.6 Å². The molecule has 0 amide bonds. The number of carbonyl (C=O) groups excluding carboxylic acids is 1. The topological polar surface area (TPSA) is 46.5 Å². The third-order valence-corrected chi connectivity index (χ3v) is 5.78. The number of carbonyl (C=O) groups is 1. The quantitative estimate of drug-likeness (QED) is 0.608. The minimum absolute atomic E-state index is 0.0958. The van der Waals surface area contributed by atoms with E-state index >= 15 is 0 Å². The van der Waals surface area contributed by atoms with Gasteiger partial charge in [-0.05, 0) is 0 Å². The average molecular weight is 391 g/mol. The van der Waals surface area contributed by atoms with E-state index in [2.05, 4.69) is 12.1 Å². The third-order valence-electron chi connectivity index (χ3n) is 3.40. The Morgan fingerprint density at radius 2 is 1.58 bits per heavy atom. The predicted octanol–water partition coefficient (Wildman–Crippen LogP) is 3.13. The van der Waals surface area contributed by atoms with Crippen LogP contribution in [0.2, 0.25) is 5.32 Å². The number of aliphatic hydroxyl groups is 1. The molecule has 0 bridgehead atoms. The first-order chi connectivity index (χ1) is 11.4. The molecule has 4 heteroatoms. The Balaban J connectivity index is 2.15. The van der Waals surface area contributed by atoms with Gasteiger partial charge in [-0.25, -0.2) is 0 Å². The predicted molar refractivity (Wildman–Crippen MR) is 97.4 cm³/mol. The van der Waals surface area contributed by atoms with Crippen molar-refractivity contribution in [2.24, 2.45) is 5.92 Å². The second-order valence-corrected chi connectivity index (χ2v) is 8.91. The second kappa shape index (κ2) is 8.48. The van der Waals surface area contributed by atoms with Gasteiger partial charge in [0.2, 0.25) is 0 Å².